The molecule has 0 aliphatic heterocycles. The molecular formula is C11H16N2O2. The molecule has 0 heterocycles. The molecule has 0 bridgehead atoms. The molecular weight excluding hydrogens is 192 g/mol. The van der Waals surface area contributed by atoms with E-state index >= 15 is 0 Å². The van der Waals surface area contributed by atoms with Gasteiger partial charge in [0.05, 0.1) is 5.69 Å². The molecule has 0 radical (unpaired) electrons. The molecule has 0 aromatic heterocycles. The Morgan fingerprint density at radius 3 is 2.73 bits per heavy atom. The topological polar surface area (TPSA) is 55.6 Å². The fourth-order valence-corrected chi connectivity index (χ4v) is 1.11. The van der Waals surface area contributed by atoms with Crippen LogP contribution < -0.4 is 10.5 Å². The van der Waals surface area contributed by atoms with Gasteiger partial charge >= 0.3 is 0 Å². The van der Waals surface area contributed by atoms with Crippen molar-refractivity contribution in [3.8, 4) is 5.75 Å². The Labute approximate surface area is 89.6 Å². The molecule has 4 nitrogen and oxygen atoms in total. The van der Waals surface area contributed by atoms with Crippen LogP contribution in [-0.2, 0) is 0 Å². The Morgan fingerprint density at radius 2 is 2.20 bits per heavy atom. The van der Waals surface area contributed by atoms with Gasteiger partial charge in [-0.3, -0.25) is 4.79 Å². The predicted octanol–water partition coefficient (Wildman–Crippen LogP) is 1.02. The maximum Gasteiger partial charge on any atom is 0.150 e. The van der Waals surface area contributed by atoms with Crippen molar-refractivity contribution in [1.82, 2.24) is 4.90 Å². The number of ether oxygens (including phenoxy) is 1. The molecule has 0 fully saturated rings. The third kappa shape index (κ3) is 3.59. The van der Waals surface area contributed by atoms with Gasteiger partial charge in [-0.1, -0.05) is 0 Å². The van der Waals surface area contributed by atoms with Crippen LogP contribution in [0.5, 0.6) is 5.75 Å². The van der Waals surface area contributed by atoms with Gasteiger partial charge in [0.1, 0.15) is 18.6 Å². The van der Waals surface area contributed by atoms with E-state index in [1.807, 2.05) is 19.0 Å². The lowest BCUT2D eigenvalue weighted by Crippen LogP contribution is -2.19. The second-order valence-corrected chi connectivity index (χ2v) is 3.57. The fourth-order valence-electron chi connectivity index (χ4n) is 1.11. The monoisotopic (exact) mass is 208 g/mol. The van der Waals surface area contributed by atoms with Gasteiger partial charge in [0, 0.05) is 12.1 Å². The average molecular weight is 208 g/mol. The molecule has 0 aliphatic rings. The zero-order chi connectivity index (χ0) is 11.3. The first-order valence-corrected chi connectivity index (χ1v) is 4.75. The average Bonchev–Trinajstić information content (AvgIpc) is 2.20. The quantitative estimate of drug-likeness (QED) is 0.580. The molecule has 0 saturated carbocycles. The number of benzene rings is 1. The van der Waals surface area contributed by atoms with E-state index in [9.17, 15) is 4.79 Å². The summed E-state index contributed by atoms with van der Waals surface area (Å²) < 4.78 is 5.46. The Hall–Kier alpha value is -1.55. The number of hydrogen-bond donors (Lipinski definition) is 1. The number of likely N-dealkylation sites (N-methyl/N-ethyl adjacent to an activating group) is 1. The van der Waals surface area contributed by atoms with E-state index in [1.165, 1.54) is 0 Å². The molecule has 1 rings (SSSR count). The van der Waals surface area contributed by atoms with E-state index in [0.29, 0.717) is 23.6 Å². The van der Waals surface area contributed by atoms with Crippen LogP contribution >= 0.6 is 0 Å². The highest BCUT2D eigenvalue weighted by Gasteiger charge is 2.01. The van der Waals surface area contributed by atoms with Gasteiger partial charge in [0.15, 0.2) is 0 Å². The van der Waals surface area contributed by atoms with Crippen LogP contribution in [0.3, 0.4) is 0 Å². The van der Waals surface area contributed by atoms with E-state index in [2.05, 4.69) is 0 Å². The maximum atomic E-state index is 10.5. The van der Waals surface area contributed by atoms with Gasteiger partial charge in [0.2, 0.25) is 0 Å². The van der Waals surface area contributed by atoms with Crippen molar-refractivity contribution in [2.24, 2.45) is 0 Å². The van der Waals surface area contributed by atoms with Gasteiger partial charge in [-0.2, -0.15) is 0 Å². The number of anilines is 1. The van der Waals surface area contributed by atoms with E-state index < -0.39 is 0 Å². The molecule has 0 saturated heterocycles. The lowest BCUT2D eigenvalue weighted by Gasteiger charge is -2.12. The standard InChI is InChI=1S/C11H16N2O2/c1-13(2)5-6-15-11-4-3-9(8-14)7-10(11)12/h3-4,7-8H,5-6,12H2,1-2H3. The van der Waals surface area contributed by atoms with Crippen LogP contribution in [0, 0.1) is 0 Å². The summed E-state index contributed by atoms with van der Waals surface area (Å²) in [5, 5.41) is 0. The number of carbonyl (C=O) groups is 1. The molecule has 0 unspecified atom stereocenters. The van der Waals surface area contributed by atoms with Gasteiger partial charge in [0.25, 0.3) is 0 Å². The molecule has 4 heteroatoms. The fraction of sp³-hybridized carbons (Fsp3) is 0.364. The largest absolute Gasteiger partial charge is 0.490 e. The third-order valence-corrected chi connectivity index (χ3v) is 1.97. The Kier molecular flexibility index (Phi) is 4.12. The van der Waals surface area contributed by atoms with E-state index in [4.69, 9.17) is 10.5 Å². The lowest BCUT2D eigenvalue weighted by molar-refractivity contribution is 0.112. The summed E-state index contributed by atoms with van der Waals surface area (Å²) in [5.41, 5.74) is 6.78. The third-order valence-electron chi connectivity index (χ3n) is 1.97. The van der Waals surface area contributed by atoms with Crippen LogP contribution in [0.15, 0.2) is 18.2 Å². The first-order chi connectivity index (χ1) is 7.13. The SMILES string of the molecule is CN(C)CCOc1ccc(C=O)cc1N. The summed E-state index contributed by atoms with van der Waals surface area (Å²) in [6.45, 7) is 1.41. The lowest BCUT2D eigenvalue weighted by atomic mass is 10.2. The summed E-state index contributed by atoms with van der Waals surface area (Å²) in [6.07, 6.45) is 0.764. The molecule has 15 heavy (non-hydrogen) atoms. The molecule has 0 amide bonds. The zero-order valence-corrected chi connectivity index (χ0v) is 9.06. The summed E-state index contributed by atoms with van der Waals surface area (Å²) in [5.74, 6) is 0.627. The van der Waals surface area contributed by atoms with Crippen molar-refractivity contribution >= 4 is 12.0 Å². The van der Waals surface area contributed by atoms with E-state index in [1.54, 1.807) is 18.2 Å². The van der Waals surface area contributed by atoms with Gasteiger partial charge in [-0.25, -0.2) is 0 Å². The second-order valence-electron chi connectivity index (χ2n) is 3.57. The minimum absolute atomic E-state index is 0.498. The van der Waals surface area contributed by atoms with Crippen LogP contribution in [0.25, 0.3) is 0 Å². The molecule has 1 aromatic rings. The highest BCUT2D eigenvalue weighted by atomic mass is 16.5. The molecule has 2 N–H and O–H groups in total. The van der Waals surface area contributed by atoms with E-state index in [-0.39, 0.29) is 0 Å². The van der Waals surface area contributed by atoms with Crippen molar-refractivity contribution < 1.29 is 9.53 Å². The van der Waals surface area contributed by atoms with Gasteiger partial charge in [-0.15, -0.1) is 0 Å². The van der Waals surface area contributed by atoms with Crippen molar-refractivity contribution in [3.05, 3.63) is 23.8 Å². The molecule has 82 valence electrons. The van der Waals surface area contributed by atoms with Crippen molar-refractivity contribution in [2.75, 3.05) is 33.0 Å². The molecule has 0 atom stereocenters. The highest BCUT2D eigenvalue weighted by Crippen LogP contribution is 2.21. The smallest absolute Gasteiger partial charge is 0.150 e. The normalized spacial score (nSPS) is 10.3. The number of nitrogen functional groups attached to an aromatic ring is 1. The van der Waals surface area contributed by atoms with Gasteiger partial charge < -0.3 is 15.4 Å². The molecule has 0 aliphatic carbocycles. The molecule has 1 aromatic carbocycles. The zero-order valence-electron chi connectivity index (χ0n) is 9.06. The van der Waals surface area contributed by atoms with Gasteiger partial charge in [-0.05, 0) is 32.3 Å². The first kappa shape index (κ1) is 11.5. The predicted molar refractivity (Wildman–Crippen MR) is 60.3 cm³/mol. The Balaban J connectivity index is 2.58. The second kappa shape index (κ2) is 5.36. The Morgan fingerprint density at radius 1 is 1.47 bits per heavy atom. The van der Waals surface area contributed by atoms with E-state index in [0.717, 1.165) is 12.8 Å². The number of rotatable bonds is 5. The first-order valence-electron chi connectivity index (χ1n) is 4.75. The van der Waals surface area contributed by atoms with Crippen LogP contribution in [-0.4, -0.2) is 38.4 Å². The maximum absolute atomic E-state index is 10.5. The van der Waals surface area contributed by atoms with Crippen molar-refractivity contribution in [1.29, 1.82) is 0 Å². The van der Waals surface area contributed by atoms with Crippen LogP contribution in [0.2, 0.25) is 0 Å². The summed E-state index contributed by atoms with van der Waals surface area (Å²) >= 11 is 0. The molecule has 0 spiro atoms. The number of nitrogens with two attached hydrogens (primary N) is 1. The minimum atomic E-state index is 0.498. The summed E-state index contributed by atoms with van der Waals surface area (Å²) in [7, 11) is 3.95. The highest BCUT2D eigenvalue weighted by molar-refractivity contribution is 5.78. The number of aldehydes is 1. The number of hydrogen-bond acceptors (Lipinski definition) is 4. The van der Waals surface area contributed by atoms with Crippen LogP contribution in [0.1, 0.15) is 10.4 Å². The summed E-state index contributed by atoms with van der Waals surface area (Å²) in [6, 6.07) is 5.01. The van der Waals surface area contributed by atoms with Crippen molar-refractivity contribution in [2.45, 2.75) is 0 Å². The van der Waals surface area contributed by atoms with Crippen molar-refractivity contribution in [3.63, 3.8) is 0 Å². The number of carbonyl (C=O) groups excluding carboxylic acids is 1. The van der Waals surface area contributed by atoms with Crippen LogP contribution in [0.4, 0.5) is 5.69 Å². The summed E-state index contributed by atoms with van der Waals surface area (Å²) in [4.78, 5) is 12.5. The minimum Gasteiger partial charge on any atom is -0.490 e. The number of nitrogens with zero attached hydrogens (tertiary/aromatic N) is 1. The Bertz CT molecular complexity index is 337.